The molecular weight excluding hydrogens is 340 g/mol. The number of hydrogen-bond donors (Lipinski definition) is 2. The predicted molar refractivity (Wildman–Crippen MR) is 95.9 cm³/mol. The van der Waals surface area contributed by atoms with Crippen LogP contribution in [0.25, 0.3) is 6.08 Å². The van der Waals surface area contributed by atoms with Crippen molar-refractivity contribution < 1.29 is 4.79 Å². The summed E-state index contributed by atoms with van der Waals surface area (Å²) in [6, 6.07) is 13.6. The van der Waals surface area contributed by atoms with Crippen molar-refractivity contribution in [1.29, 1.82) is 0 Å². The van der Waals surface area contributed by atoms with Gasteiger partial charge in [0, 0.05) is 16.4 Å². The van der Waals surface area contributed by atoms with Crippen LogP contribution in [0.5, 0.6) is 0 Å². The summed E-state index contributed by atoms with van der Waals surface area (Å²) in [7, 11) is 0. The highest BCUT2D eigenvalue weighted by Crippen LogP contribution is 2.21. The van der Waals surface area contributed by atoms with Crippen LogP contribution in [0.1, 0.15) is 23.6 Å². The predicted octanol–water partition coefficient (Wildman–Crippen LogP) is 5.11. The minimum absolute atomic E-state index is 0.243. The van der Waals surface area contributed by atoms with Crippen molar-refractivity contribution >= 4 is 33.7 Å². The molecule has 4 heteroatoms. The lowest BCUT2D eigenvalue weighted by atomic mass is 10.1. The third-order valence-corrected chi connectivity index (χ3v) is 4.08. The summed E-state index contributed by atoms with van der Waals surface area (Å²) in [5.74, 6) is 0. The number of anilines is 1. The monoisotopic (exact) mass is 358 g/mol. The maximum atomic E-state index is 12.0. The maximum Gasteiger partial charge on any atom is 0.323 e. The van der Waals surface area contributed by atoms with Crippen molar-refractivity contribution in [2.75, 3.05) is 5.32 Å². The molecule has 0 radical (unpaired) electrons. The van der Waals surface area contributed by atoms with Crippen LogP contribution < -0.4 is 10.6 Å². The Labute approximate surface area is 139 Å². The fraction of sp³-hybridized carbons (Fsp3) is 0.167. The molecule has 0 saturated heterocycles. The molecule has 0 fully saturated rings. The van der Waals surface area contributed by atoms with E-state index >= 15 is 0 Å². The van der Waals surface area contributed by atoms with Gasteiger partial charge < -0.3 is 10.6 Å². The molecule has 0 saturated carbocycles. The maximum absolute atomic E-state index is 12.0. The first-order valence-electron chi connectivity index (χ1n) is 7.19. The Hall–Kier alpha value is -2.07. The Morgan fingerprint density at radius 3 is 2.68 bits per heavy atom. The molecule has 114 valence electrons. The fourth-order valence-electron chi connectivity index (χ4n) is 2.17. The van der Waals surface area contributed by atoms with E-state index in [0.29, 0.717) is 0 Å². The van der Waals surface area contributed by atoms with Crippen molar-refractivity contribution in [1.82, 2.24) is 5.32 Å². The van der Waals surface area contributed by atoms with Gasteiger partial charge in [-0.1, -0.05) is 59.3 Å². The van der Waals surface area contributed by atoms with Crippen molar-refractivity contribution in [2.45, 2.75) is 20.3 Å². The molecule has 2 aromatic carbocycles. The van der Waals surface area contributed by atoms with Crippen molar-refractivity contribution in [3.8, 4) is 0 Å². The Balaban J connectivity index is 2.01. The lowest BCUT2D eigenvalue weighted by Gasteiger charge is -2.12. The summed E-state index contributed by atoms with van der Waals surface area (Å²) in [4.78, 5) is 12.0. The van der Waals surface area contributed by atoms with E-state index in [4.69, 9.17) is 0 Å². The van der Waals surface area contributed by atoms with Crippen molar-refractivity contribution in [3.05, 3.63) is 69.8 Å². The number of carbonyl (C=O) groups excluding carboxylic acids is 1. The number of hydrogen-bond acceptors (Lipinski definition) is 1. The molecule has 0 aliphatic heterocycles. The standard InChI is InChI=1S/C18H19BrN2O/c1-3-14-9-6-7-13(2)17(14)21-18(22)20-12-11-15-8-4-5-10-16(15)19/h4-12H,3H2,1-2H3,(H2,20,21,22)/b12-11+. The summed E-state index contributed by atoms with van der Waals surface area (Å²) in [6.07, 6.45) is 4.37. The normalized spacial score (nSPS) is 10.7. The minimum atomic E-state index is -0.243. The largest absolute Gasteiger partial charge is 0.323 e. The van der Waals surface area contributed by atoms with E-state index in [1.165, 1.54) is 0 Å². The molecule has 2 amide bonds. The van der Waals surface area contributed by atoms with E-state index in [-0.39, 0.29) is 6.03 Å². The second kappa shape index (κ2) is 7.80. The average molecular weight is 359 g/mol. The molecule has 0 aliphatic carbocycles. The lowest BCUT2D eigenvalue weighted by molar-refractivity contribution is 0.255. The lowest BCUT2D eigenvalue weighted by Crippen LogP contribution is -2.24. The number of aryl methyl sites for hydroxylation is 2. The molecule has 0 aliphatic rings. The molecule has 0 bridgehead atoms. The van der Waals surface area contributed by atoms with Gasteiger partial charge in [-0.15, -0.1) is 0 Å². The molecule has 0 spiro atoms. The minimum Gasteiger partial charge on any atom is -0.314 e. The zero-order valence-electron chi connectivity index (χ0n) is 12.7. The zero-order chi connectivity index (χ0) is 15.9. The van der Waals surface area contributed by atoms with E-state index in [0.717, 1.165) is 33.3 Å². The van der Waals surface area contributed by atoms with Gasteiger partial charge in [0.15, 0.2) is 0 Å². The van der Waals surface area contributed by atoms with Gasteiger partial charge in [0.2, 0.25) is 0 Å². The first-order chi connectivity index (χ1) is 10.6. The highest BCUT2D eigenvalue weighted by Gasteiger charge is 2.07. The molecule has 0 atom stereocenters. The summed E-state index contributed by atoms with van der Waals surface area (Å²) in [6.45, 7) is 4.07. The second-order valence-corrected chi connectivity index (χ2v) is 5.77. The Morgan fingerprint density at radius 2 is 1.95 bits per heavy atom. The van der Waals surface area contributed by atoms with Crippen molar-refractivity contribution in [2.24, 2.45) is 0 Å². The van der Waals surface area contributed by atoms with Crippen LogP contribution >= 0.6 is 15.9 Å². The number of urea groups is 1. The van der Waals surface area contributed by atoms with E-state index in [1.54, 1.807) is 6.20 Å². The molecule has 2 rings (SSSR count). The van der Waals surface area contributed by atoms with E-state index in [2.05, 4.69) is 33.5 Å². The Bertz CT molecular complexity index is 695. The number of benzene rings is 2. The summed E-state index contributed by atoms with van der Waals surface area (Å²) >= 11 is 3.47. The van der Waals surface area contributed by atoms with Gasteiger partial charge in [-0.3, -0.25) is 0 Å². The van der Waals surface area contributed by atoms with Gasteiger partial charge in [-0.05, 0) is 42.2 Å². The molecular formula is C18H19BrN2O. The second-order valence-electron chi connectivity index (χ2n) is 4.92. The number of amides is 2. The van der Waals surface area contributed by atoms with Gasteiger partial charge >= 0.3 is 6.03 Å². The number of rotatable bonds is 4. The third-order valence-electron chi connectivity index (χ3n) is 3.36. The van der Waals surface area contributed by atoms with Crippen LogP contribution in [0.15, 0.2) is 53.1 Å². The van der Waals surface area contributed by atoms with Gasteiger partial charge in [0.1, 0.15) is 0 Å². The van der Waals surface area contributed by atoms with Gasteiger partial charge in [0.25, 0.3) is 0 Å². The third kappa shape index (κ3) is 4.21. The zero-order valence-corrected chi connectivity index (χ0v) is 14.3. The van der Waals surface area contributed by atoms with E-state index in [9.17, 15) is 4.79 Å². The van der Waals surface area contributed by atoms with Crippen molar-refractivity contribution in [3.63, 3.8) is 0 Å². The molecule has 2 aromatic rings. The van der Waals surface area contributed by atoms with E-state index < -0.39 is 0 Å². The van der Waals surface area contributed by atoms with Crippen LogP contribution in [-0.2, 0) is 6.42 Å². The topological polar surface area (TPSA) is 41.1 Å². The fourth-order valence-corrected chi connectivity index (χ4v) is 2.59. The highest BCUT2D eigenvalue weighted by molar-refractivity contribution is 9.10. The molecule has 0 heterocycles. The first-order valence-corrected chi connectivity index (χ1v) is 7.98. The van der Waals surface area contributed by atoms with Gasteiger partial charge in [-0.25, -0.2) is 4.79 Å². The molecule has 0 aromatic heterocycles. The van der Waals surface area contributed by atoms with Gasteiger partial charge in [0.05, 0.1) is 0 Å². The van der Waals surface area contributed by atoms with Gasteiger partial charge in [-0.2, -0.15) is 0 Å². The van der Waals surface area contributed by atoms with Crippen LogP contribution in [0.2, 0.25) is 0 Å². The molecule has 2 N–H and O–H groups in total. The summed E-state index contributed by atoms with van der Waals surface area (Å²) in [5.41, 5.74) is 4.08. The van der Waals surface area contributed by atoms with Crippen LogP contribution in [0, 0.1) is 6.92 Å². The summed E-state index contributed by atoms with van der Waals surface area (Å²) in [5, 5.41) is 5.65. The first kappa shape index (κ1) is 16.3. The number of nitrogens with one attached hydrogen (secondary N) is 2. The quantitative estimate of drug-likeness (QED) is 0.782. The average Bonchev–Trinajstić information content (AvgIpc) is 2.51. The summed E-state index contributed by atoms with van der Waals surface area (Å²) < 4.78 is 0.987. The number of halogens is 1. The van der Waals surface area contributed by atoms with E-state index in [1.807, 2.05) is 55.5 Å². The highest BCUT2D eigenvalue weighted by atomic mass is 79.9. The number of para-hydroxylation sites is 1. The molecule has 3 nitrogen and oxygen atoms in total. The van der Waals surface area contributed by atoms with Crippen LogP contribution in [-0.4, -0.2) is 6.03 Å². The number of carbonyl (C=O) groups is 1. The van der Waals surface area contributed by atoms with Crippen LogP contribution in [0.4, 0.5) is 10.5 Å². The SMILES string of the molecule is CCc1cccc(C)c1NC(=O)N/C=C/c1ccccc1Br. The Kier molecular flexibility index (Phi) is 5.78. The molecule has 0 unspecified atom stereocenters. The van der Waals surface area contributed by atoms with Crippen LogP contribution in [0.3, 0.4) is 0 Å². The Morgan fingerprint density at radius 1 is 1.18 bits per heavy atom. The molecule has 22 heavy (non-hydrogen) atoms. The smallest absolute Gasteiger partial charge is 0.314 e.